The van der Waals surface area contributed by atoms with Gasteiger partial charge in [0.15, 0.2) is 0 Å². The average molecular weight is 315 g/mol. The van der Waals surface area contributed by atoms with Crippen molar-refractivity contribution in [3.05, 3.63) is 57.8 Å². The third kappa shape index (κ3) is 4.18. The molecule has 0 amide bonds. The molecular formula is C17H21N3O3. The van der Waals surface area contributed by atoms with Gasteiger partial charge in [0.05, 0.1) is 12.1 Å². The van der Waals surface area contributed by atoms with Crippen LogP contribution in [0.1, 0.15) is 21.7 Å². The zero-order chi connectivity index (χ0) is 17.0. The fourth-order valence-corrected chi connectivity index (χ4v) is 2.26. The number of aromatic nitrogens is 2. The van der Waals surface area contributed by atoms with Crippen molar-refractivity contribution in [2.45, 2.75) is 20.4 Å². The number of hydrogen-bond acceptors (Lipinski definition) is 5. The maximum absolute atomic E-state index is 12.0. The lowest BCUT2D eigenvalue weighted by Crippen LogP contribution is -2.27. The van der Waals surface area contributed by atoms with Gasteiger partial charge in [-0.25, -0.2) is 9.59 Å². The van der Waals surface area contributed by atoms with E-state index >= 15 is 0 Å². The zero-order valence-corrected chi connectivity index (χ0v) is 13.9. The second-order valence-corrected chi connectivity index (χ2v) is 5.55. The number of ether oxygens (including phenoxy) is 1. The minimum absolute atomic E-state index is 0.125. The van der Waals surface area contributed by atoms with Crippen LogP contribution in [0.5, 0.6) is 0 Å². The van der Waals surface area contributed by atoms with Gasteiger partial charge in [-0.1, -0.05) is 0 Å². The number of hydrogen-bond donors (Lipinski definition) is 0. The van der Waals surface area contributed by atoms with E-state index in [-0.39, 0.29) is 12.3 Å². The molecule has 2 rings (SSSR count). The molecule has 0 saturated heterocycles. The molecule has 122 valence electrons. The number of aryl methyl sites for hydroxylation is 2. The predicted octanol–water partition coefficient (Wildman–Crippen LogP) is 1.78. The molecular weight excluding hydrogens is 294 g/mol. The highest BCUT2D eigenvalue weighted by Gasteiger charge is 2.09. The molecule has 0 aliphatic carbocycles. The van der Waals surface area contributed by atoms with Gasteiger partial charge in [0.1, 0.15) is 6.61 Å². The Morgan fingerprint density at radius 2 is 1.87 bits per heavy atom. The predicted molar refractivity (Wildman–Crippen MR) is 89.0 cm³/mol. The second-order valence-electron chi connectivity index (χ2n) is 5.55. The number of esters is 1. The van der Waals surface area contributed by atoms with Crippen molar-refractivity contribution in [1.82, 2.24) is 9.55 Å². The maximum atomic E-state index is 12.0. The Labute approximate surface area is 135 Å². The smallest absolute Gasteiger partial charge is 0.348 e. The topological polar surface area (TPSA) is 64.4 Å². The van der Waals surface area contributed by atoms with Crippen LogP contribution in [0.2, 0.25) is 0 Å². The molecule has 6 nitrogen and oxygen atoms in total. The van der Waals surface area contributed by atoms with E-state index in [1.807, 2.05) is 44.1 Å². The Kier molecular flexibility index (Phi) is 5.16. The molecule has 0 fully saturated rings. The van der Waals surface area contributed by atoms with Crippen LogP contribution < -0.4 is 10.6 Å². The van der Waals surface area contributed by atoms with Gasteiger partial charge < -0.3 is 9.64 Å². The van der Waals surface area contributed by atoms with E-state index in [1.165, 1.54) is 4.57 Å². The van der Waals surface area contributed by atoms with E-state index in [0.29, 0.717) is 17.8 Å². The van der Waals surface area contributed by atoms with E-state index in [0.717, 1.165) is 11.4 Å². The Morgan fingerprint density at radius 1 is 1.22 bits per heavy atom. The molecule has 1 heterocycles. The lowest BCUT2D eigenvalue weighted by molar-refractivity contribution is 0.0489. The molecule has 1 aromatic carbocycles. The highest BCUT2D eigenvalue weighted by atomic mass is 16.5. The molecule has 0 spiro atoms. The summed E-state index contributed by atoms with van der Waals surface area (Å²) in [4.78, 5) is 29.6. The number of rotatable bonds is 5. The highest BCUT2D eigenvalue weighted by molar-refractivity contribution is 5.89. The Bertz CT molecular complexity index is 749. The third-order valence-corrected chi connectivity index (χ3v) is 3.51. The van der Waals surface area contributed by atoms with Gasteiger partial charge in [0.25, 0.3) is 0 Å². The van der Waals surface area contributed by atoms with Crippen molar-refractivity contribution in [1.29, 1.82) is 0 Å². The molecule has 0 radical (unpaired) electrons. The minimum Gasteiger partial charge on any atom is -0.460 e. The van der Waals surface area contributed by atoms with Gasteiger partial charge >= 0.3 is 11.7 Å². The molecule has 0 aliphatic rings. The molecule has 1 aromatic heterocycles. The highest BCUT2D eigenvalue weighted by Crippen LogP contribution is 2.12. The van der Waals surface area contributed by atoms with Crippen LogP contribution in [0.4, 0.5) is 5.69 Å². The summed E-state index contributed by atoms with van der Waals surface area (Å²) in [5, 5.41) is 0. The Hall–Kier alpha value is -2.63. The molecule has 0 bridgehead atoms. The minimum atomic E-state index is -0.402. The molecule has 6 heteroatoms. The van der Waals surface area contributed by atoms with Crippen molar-refractivity contribution < 1.29 is 9.53 Å². The maximum Gasteiger partial charge on any atom is 0.348 e. The van der Waals surface area contributed by atoms with Crippen molar-refractivity contribution in [3.63, 3.8) is 0 Å². The molecule has 23 heavy (non-hydrogen) atoms. The van der Waals surface area contributed by atoms with E-state index in [9.17, 15) is 9.59 Å². The van der Waals surface area contributed by atoms with Crippen LogP contribution in [-0.4, -0.2) is 36.2 Å². The van der Waals surface area contributed by atoms with Crippen LogP contribution >= 0.6 is 0 Å². The molecule has 0 N–H and O–H groups in total. The lowest BCUT2D eigenvalue weighted by atomic mass is 10.2. The average Bonchev–Trinajstić information content (AvgIpc) is 2.49. The normalized spacial score (nSPS) is 10.4. The fraction of sp³-hybridized carbons (Fsp3) is 0.353. The first-order chi connectivity index (χ1) is 10.9. The van der Waals surface area contributed by atoms with Gasteiger partial charge in [0.2, 0.25) is 0 Å². The van der Waals surface area contributed by atoms with Crippen LogP contribution in [-0.2, 0) is 11.3 Å². The summed E-state index contributed by atoms with van der Waals surface area (Å²) in [6, 6.07) is 8.98. The van der Waals surface area contributed by atoms with Gasteiger partial charge in [-0.15, -0.1) is 0 Å². The monoisotopic (exact) mass is 315 g/mol. The van der Waals surface area contributed by atoms with Crippen LogP contribution in [0.3, 0.4) is 0 Å². The first-order valence-electron chi connectivity index (χ1n) is 7.38. The molecule has 0 aliphatic heterocycles. The Morgan fingerprint density at radius 3 is 2.43 bits per heavy atom. The summed E-state index contributed by atoms with van der Waals surface area (Å²) in [7, 11) is 3.87. The van der Waals surface area contributed by atoms with Gasteiger partial charge in [0, 0.05) is 31.2 Å². The largest absolute Gasteiger partial charge is 0.460 e. The zero-order valence-electron chi connectivity index (χ0n) is 13.9. The first kappa shape index (κ1) is 16.7. The summed E-state index contributed by atoms with van der Waals surface area (Å²) < 4.78 is 6.73. The SMILES string of the molecule is Cc1cc(C)n(CCOC(=O)c2ccc(N(C)C)cc2)c(=O)n1. The van der Waals surface area contributed by atoms with Crippen LogP contribution in [0.15, 0.2) is 35.1 Å². The van der Waals surface area contributed by atoms with Crippen molar-refractivity contribution >= 4 is 11.7 Å². The van der Waals surface area contributed by atoms with Crippen LogP contribution in [0.25, 0.3) is 0 Å². The summed E-state index contributed by atoms with van der Waals surface area (Å²) in [5.74, 6) is -0.402. The van der Waals surface area contributed by atoms with Gasteiger partial charge in [-0.2, -0.15) is 4.98 Å². The van der Waals surface area contributed by atoms with Gasteiger partial charge in [-0.3, -0.25) is 4.57 Å². The Balaban J connectivity index is 1.96. The molecule has 2 aromatic rings. The van der Waals surface area contributed by atoms with Crippen molar-refractivity contribution in [2.24, 2.45) is 0 Å². The second kappa shape index (κ2) is 7.09. The standard InChI is InChI=1S/C17H21N3O3/c1-12-11-13(2)20(17(22)18-12)9-10-23-16(21)14-5-7-15(8-6-14)19(3)4/h5-8,11H,9-10H2,1-4H3. The molecule has 0 saturated carbocycles. The number of benzene rings is 1. The molecule has 0 unspecified atom stereocenters. The van der Waals surface area contributed by atoms with E-state index in [4.69, 9.17) is 4.74 Å². The van der Waals surface area contributed by atoms with E-state index < -0.39 is 5.97 Å². The summed E-state index contributed by atoms with van der Waals surface area (Å²) in [5.41, 5.74) is 2.65. The number of carbonyl (C=O) groups excluding carboxylic acids is 1. The summed E-state index contributed by atoms with van der Waals surface area (Å²) in [6.07, 6.45) is 0. The number of anilines is 1. The summed E-state index contributed by atoms with van der Waals surface area (Å²) in [6.45, 7) is 4.02. The summed E-state index contributed by atoms with van der Waals surface area (Å²) >= 11 is 0. The lowest BCUT2D eigenvalue weighted by Gasteiger charge is -2.13. The number of nitrogens with zero attached hydrogens (tertiary/aromatic N) is 3. The van der Waals surface area contributed by atoms with E-state index in [1.54, 1.807) is 19.1 Å². The van der Waals surface area contributed by atoms with Crippen LogP contribution in [0, 0.1) is 13.8 Å². The first-order valence-corrected chi connectivity index (χ1v) is 7.38. The quantitative estimate of drug-likeness (QED) is 0.787. The fourth-order valence-electron chi connectivity index (χ4n) is 2.26. The number of carbonyl (C=O) groups is 1. The van der Waals surface area contributed by atoms with Crippen molar-refractivity contribution in [3.8, 4) is 0 Å². The van der Waals surface area contributed by atoms with E-state index in [2.05, 4.69) is 4.98 Å². The molecule has 0 atom stereocenters. The van der Waals surface area contributed by atoms with Gasteiger partial charge in [-0.05, 0) is 44.2 Å². The third-order valence-electron chi connectivity index (χ3n) is 3.51. The van der Waals surface area contributed by atoms with Crippen molar-refractivity contribution in [2.75, 3.05) is 25.6 Å².